The lowest BCUT2D eigenvalue weighted by molar-refractivity contribution is 0.318. The second-order valence-corrected chi connectivity index (χ2v) is 5.74. The molecule has 0 saturated carbocycles. The van der Waals surface area contributed by atoms with Crippen molar-refractivity contribution in [2.24, 2.45) is 10.9 Å². The molecule has 0 saturated heterocycles. The molecule has 0 unspecified atom stereocenters. The maximum absolute atomic E-state index is 13.5. The number of hydrogen-bond donors (Lipinski definition) is 2. The number of rotatable bonds is 2. The first kappa shape index (κ1) is 13.9. The van der Waals surface area contributed by atoms with E-state index in [1.54, 1.807) is 12.1 Å². The number of fused-ring (bicyclic) bond motifs is 1. The van der Waals surface area contributed by atoms with Crippen molar-refractivity contribution < 1.29 is 9.60 Å². The summed E-state index contributed by atoms with van der Waals surface area (Å²) in [5.74, 6) is -0.251. The van der Waals surface area contributed by atoms with Crippen LogP contribution in [-0.2, 0) is 6.42 Å². The molecule has 1 aliphatic heterocycles. The van der Waals surface area contributed by atoms with Crippen molar-refractivity contribution in [3.05, 3.63) is 57.8 Å². The van der Waals surface area contributed by atoms with Crippen LogP contribution < -0.4 is 10.6 Å². The first-order valence-electron chi connectivity index (χ1n) is 6.43. The van der Waals surface area contributed by atoms with E-state index in [9.17, 15) is 4.39 Å². The Morgan fingerprint density at radius 2 is 2.05 bits per heavy atom. The van der Waals surface area contributed by atoms with Gasteiger partial charge in [0.05, 0.1) is 5.69 Å². The van der Waals surface area contributed by atoms with Gasteiger partial charge in [0.2, 0.25) is 0 Å². The molecule has 0 radical (unpaired) electrons. The summed E-state index contributed by atoms with van der Waals surface area (Å²) in [7, 11) is 0. The van der Waals surface area contributed by atoms with Crippen molar-refractivity contribution in [3.8, 4) is 0 Å². The molecule has 3 N–H and O–H groups in total. The van der Waals surface area contributed by atoms with Gasteiger partial charge >= 0.3 is 0 Å². The molecular weight excluding hydrogens is 337 g/mol. The Morgan fingerprint density at radius 3 is 2.81 bits per heavy atom. The van der Waals surface area contributed by atoms with E-state index in [0.29, 0.717) is 5.56 Å². The number of nitrogens with two attached hydrogens (primary N) is 1. The largest absolute Gasteiger partial charge is 0.409 e. The summed E-state index contributed by atoms with van der Waals surface area (Å²) in [6.45, 7) is 0.728. The zero-order valence-electron chi connectivity index (χ0n) is 11.1. The molecule has 1 heterocycles. The third-order valence-electron chi connectivity index (χ3n) is 3.58. The number of nitrogens with zero attached hydrogens (tertiary/aromatic N) is 2. The van der Waals surface area contributed by atoms with Gasteiger partial charge in [-0.15, -0.1) is 0 Å². The second kappa shape index (κ2) is 5.37. The van der Waals surface area contributed by atoms with Gasteiger partial charge in [0, 0.05) is 22.3 Å². The second-order valence-electron chi connectivity index (χ2n) is 4.82. The molecule has 0 bridgehead atoms. The van der Waals surface area contributed by atoms with Crippen LogP contribution in [0.3, 0.4) is 0 Å². The van der Waals surface area contributed by atoms with Crippen LogP contribution in [-0.4, -0.2) is 17.6 Å². The van der Waals surface area contributed by atoms with Gasteiger partial charge in [-0.3, -0.25) is 0 Å². The maximum atomic E-state index is 13.5. The third-order valence-corrected chi connectivity index (χ3v) is 4.07. The van der Waals surface area contributed by atoms with Gasteiger partial charge in [-0.2, -0.15) is 0 Å². The summed E-state index contributed by atoms with van der Waals surface area (Å²) in [6, 6.07) is 10.3. The lowest BCUT2D eigenvalue weighted by Gasteiger charge is -2.22. The lowest BCUT2D eigenvalue weighted by Crippen LogP contribution is -2.21. The Balaban J connectivity index is 2.13. The molecule has 108 valence electrons. The molecule has 0 aliphatic carbocycles. The molecule has 0 aromatic heterocycles. The Kier molecular flexibility index (Phi) is 3.55. The summed E-state index contributed by atoms with van der Waals surface area (Å²) in [6.07, 6.45) is 0.835. The molecule has 0 amide bonds. The van der Waals surface area contributed by atoms with Crippen LogP contribution in [0.4, 0.5) is 15.8 Å². The van der Waals surface area contributed by atoms with Crippen LogP contribution in [0.15, 0.2) is 46.0 Å². The maximum Gasteiger partial charge on any atom is 0.172 e. The predicted octanol–water partition coefficient (Wildman–Crippen LogP) is 3.38. The highest BCUT2D eigenvalue weighted by atomic mass is 79.9. The number of amidine groups is 1. The van der Waals surface area contributed by atoms with Gasteiger partial charge in [-0.05, 0) is 42.3 Å². The van der Waals surface area contributed by atoms with E-state index in [2.05, 4.69) is 21.1 Å². The first-order chi connectivity index (χ1) is 10.1. The van der Waals surface area contributed by atoms with Gasteiger partial charge in [0.1, 0.15) is 5.82 Å². The van der Waals surface area contributed by atoms with E-state index in [0.717, 1.165) is 34.4 Å². The molecule has 0 atom stereocenters. The summed E-state index contributed by atoms with van der Waals surface area (Å²) < 4.78 is 14.3. The van der Waals surface area contributed by atoms with E-state index < -0.39 is 0 Å². The molecular formula is C15H13BrFN3O. The van der Waals surface area contributed by atoms with E-state index in [4.69, 9.17) is 10.9 Å². The van der Waals surface area contributed by atoms with Crippen molar-refractivity contribution >= 4 is 33.1 Å². The highest BCUT2D eigenvalue weighted by Gasteiger charge is 2.24. The van der Waals surface area contributed by atoms with Gasteiger partial charge in [-0.1, -0.05) is 27.2 Å². The third kappa shape index (κ3) is 2.47. The quantitative estimate of drug-likeness (QED) is 0.378. The number of oxime groups is 1. The topological polar surface area (TPSA) is 61.9 Å². The average Bonchev–Trinajstić information content (AvgIpc) is 2.89. The Bertz CT molecular complexity index is 733. The molecule has 6 heteroatoms. The summed E-state index contributed by atoms with van der Waals surface area (Å²) in [4.78, 5) is 1.98. The Labute approximate surface area is 129 Å². The zero-order valence-corrected chi connectivity index (χ0v) is 12.6. The Hall–Kier alpha value is -2.08. The van der Waals surface area contributed by atoms with Crippen molar-refractivity contribution in [3.63, 3.8) is 0 Å². The Morgan fingerprint density at radius 1 is 1.24 bits per heavy atom. The van der Waals surface area contributed by atoms with Gasteiger partial charge in [-0.25, -0.2) is 4.39 Å². The number of benzene rings is 2. The van der Waals surface area contributed by atoms with Crippen LogP contribution in [0.5, 0.6) is 0 Å². The average molecular weight is 350 g/mol. The smallest absolute Gasteiger partial charge is 0.172 e. The van der Waals surface area contributed by atoms with Gasteiger partial charge in [0.25, 0.3) is 0 Å². The first-order valence-corrected chi connectivity index (χ1v) is 7.23. The highest BCUT2D eigenvalue weighted by Crippen LogP contribution is 2.37. The molecule has 0 fully saturated rings. The van der Waals surface area contributed by atoms with Gasteiger partial charge < -0.3 is 15.8 Å². The van der Waals surface area contributed by atoms with E-state index >= 15 is 0 Å². The molecule has 4 nitrogen and oxygen atoms in total. The molecule has 3 rings (SSSR count). The highest BCUT2D eigenvalue weighted by molar-refractivity contribution is 9.10. The monoisotopic (exact) mass is 349 g/mol. The van der Waals surface area contributed by atoms with E-state index in [1.807, 2.05) is 17.0 Å². The summed E-state index contributed by atoms with van der Waals surface area (Å²) in [5, 5.41) is 12.0. The number of hydrogen-bond acceptors (Lipinski definition) is 3. The SMILES string of the molecule is N/C(=N/O)c1cc(Br)ccc1N1CCc2ccc(F)cc21. The van der Waals surface area contributed by atoms with Crippen molar-refractivity contribution in [1.29, 1.82) is 0 Å². The summed E-state index contributed by atoms with van der Waals surface area (Å²) in [5.41, 5.74) is 9.06. The standard InChI is InChI=1S/C15H13BrFN3O/c16-10-2-4-13(12(7-10)15(18)19-21)20-6-5-9-1-3-11(17)8-14(9)20/h1-4,7-8,21H,5-6H2,(H2,18,19). The number of anilines is 2. The fourth-order valence-electron chi connectivity index (χ4n) is 2.61. The molecule has 1 aliphatic rings. The molecule has 21 heavy (non-hydrogen) atoms. The summed E-state index contributed by atoms with van der Waals surface area (Å²) >= 11 is 3.38. The van der Waals surface area contributed by atoms with Crippen LogP contribution >= 0.6 is 15.9 Å². The van der Waals surface area contributed by atoms with Crippen LogP contribution in [0.2, 0.25) is 0 Å². The van der Waals surface area contributed by atoms with Gasteiger partial charge in [0.15, 0.2) is 5.84 Å². The van der Waals surface area contributed by atoms with E-state index in [1.165, 1.54) is 12.1 Å². The molecule has 0 spiro atoms. The fourth-order valence-corrected chi connectivity index (χ4v) is 2.97. The van der Waals surface area contributed by atoms with Crippen LogP contribution in [0.1, 0.15) is 11.1 Å². The van der Waals surface area contributed by atoms with Crippen molar-refractivity contribution in [2.75, 3.05) is 11.4 Å². The van der Waals surface area contributed by atoms with E-state index in [-0.39, 0.29) is 11.7 Å². The zero-order chi connectivity index (χ0) is 15.0. The number of halogens is 2. The molecule has 2 aromatic carbocycles. The fraction of sp³-hybridized carbons (Fsp3) is 0.133. The predicted molar refractivity (Wildman–Crippen MR) is 83.8 cm³/mol. The minimum Gasteiger partial charge on any atom is -0.409 e. The van der Waals surface area contributed by atoms with Crippen molar-refractivity contribution in [2.45, 2.75) is 6.42 Å². The normalized spacial score (nSPS) is 14.4. The van der Waals surface area contributed by atoms with Crippen LogP contribution in [0, 0.1) is 5.82 Å². The minimum atomic E-state index is -0.275. The molecule has 2 aromatic rings. The van der Waals surface area contributed by atoms with Crippen LogP contribution in [0.25, 0.3) is 0 Å². The lowest BCUT2D eigenvalue weighted by atomic mass is 10.1. The minimum absolute atomic E-state index is 0.0242. The van der Waals surface area contributed by atoms with Crippen molar-refractivity contribution in [1.82, 2.24) is 0 Å².